The van der Waals surface area contributed by atoms with Crippen LogP contribution in [0.1, 0.15) is 12.8 Å². The largest absolute Gasteiger partial charge is 0.497 e. The maximum Gasteiger partial charge on any atom is 0.407 e. The normalized spacial score (nSPS) is 16.1. The highest BCUT2D eigenvalue weighted by atomic mass is 32.1. The molecule has 1 fully saturated rings. The van der Waals surface area contributed by atoms with Crippen molar-refractivity contribution >= 4 is 27.6 Å². The molecule has 1 aliphatic heterocycles. The third-order valence-electron chi connectivity index (χ3n) is 4.24. The fraction of sp³-hybridized carbons (Fsp3) is 0.467. The molecule has 0 saturated carbocycles. The van der Waals surface area contributed by atoms with Crippen molar-refractivity contribution in [2.45, 2.75) is 19.4 Å². The maximum atomic E-state index is 10.9. The lowest BCUT2D eigenvalue weighted by atomic mass is 9.97. The Morgan fingerprint density at radius 3 is 2.82 bits per heavy atom. The summed E-state index contributed by atoms with van der Waals surface area (Å²) in [7, 11) is 1.64. The number of methoxy groups -OCH3 is 1. The van der Waals surface area contributed by atoms with E-state index in [0.29, 0.717) is 23.8 Å². The quantitative estimate of drug-likeness (QED) is 0.912. The van der Waals surface area contributed by atoms with Gasteiger partial charge in [0.2, 0.25) is 0 Å². The third-order valence-corrected chi connectivity index (χ3v) is 5.20. The number of carbonyl (C=O) groups is 1. The van der Waals surface area contributed by atoms with E-state index in [2.05, 4.69) is 0 Å². The second-order valence-electron chi connectivity index (χ2n) is 5.56. The van der Waals surface area contributed by atoms with Gasteiger partial charge < -0.3 is 19.3 Å². The molecular weight excluding hydrogens is 302 g/mol. The van der Waals surface area contributed by atoms with E-state index in [1.54, 1.807) is 7.11 Å². The minimum Gasteiger partial charge on any atom is -0.497 e. The van der Waals surface area contributed by atoms with E-state index in [9.17, 15) is 4.79 Å². The zero-order valence-corrected chi connectivity index (χ0v) is 13.2. The van der Waals surface area contributed by atoms with Crippen LogP contribution < -0.4 is 9.54 Å². The topological polar surface area (TPSA) is 78.5 Å². The van der Waals surface area contributed by atoms with Crippen LogP contribution in [0, 0.1) is 11.3 Å². The van der Waals surface area contributed by atoms with Crippen LogP contribution in [-0.2, 0) is 6.54 Å². The first kappa shape index (κ1) is 14.9. The Hall–Kier alpha value is -2.02. The van der Waals surface area contributed by atoms with Gasteiger partial charge in [-0.05, 0) is 37.0 Å². The molecule has 2 aromatic rings. The van der Waals surface area contributed by atoms with Gasteiger partial charge in [-0.25, -0.2) is 4.79 Å². The molecule has 2 heterocycles. The van der Waals surface area contributed by atoms with Crippen molar-refractivity contribution in [2.75, 3.05) is 20.2 Å². The number of fused-ring (bicyclic) bond motifs is 1. The van der Waals surface area contributed by atoms with Gasteiger partial charge in [0.25, 0.3) is 0 Å². The molecular formula is C15H19N3O3S. The van der Waals surface area contributed by atoms with Gasteiger partial charge in [-0.3, -0.25) is 5.41 Å². The first-order valence-electron chi connectivity index (χ1n) is 7.28. The van der Waals surface area contributed by atoms with Crippen LogP contribution in [0.5, 0.6) is 5.75 Å². The van der Waals surface area contributed by atoms with Crippen molar-refractivity contribution in [1.82, 2.24) is 9.47 Å². The van der Waals surface area contributed by atoms with Crippen LogP contribution in [0.15, 0.2) is 18.2 Å². The van der Waals surface area contributed by atoms with Crippen LogP contribution in [-0.4, -0.2) is 40.9 Å². The number of ether oxygens (including phenoxy) is 1. The summed E-state index contributed by atoms with van der Waals surface area (Å²) in [6.07, 6.45) is 0.874. The summed E-state index contributed by atoms with van der Waals surface area (Å²) in [6.45, 7) is 1.95. The van der Waals surface area contributed by atoms with Gasteiger partial charge in [-0.1, -0.05) is 11.3 Å². The molecule has 2 N–H and O–H groups in total. The first-order chi connectivity index (χ1) is 10.6. The third kappa shape index (κ3) is 2.81. The summed E-state index contributed by atoms with van der Waals surface area (Å²) in [5.74, 6) is 1.22. The average Bonchev–Trinajstić information content (AvgIpc) is 2.83. The molecule has 0 radical (unpaired) electrons. The molecule has 0 spiro atoms. The maximum absolute atomic E-state index is 10.9. The zero-order chi connectivity index (χ0) is 15.7. The van der Waals surface area contributed by atoms with Crippen LogP contribution in [0.4, 0.5) is 4.79 Å². The molecule has 0 unspecified atom stereocenters. The number of likely N-dealkylation sites (tertiary alicyclic amines) is 1. The Labute approximate surface area is 132 Å². The van der Waals surface area contributed by atoms with Gasteiger partial charge in [-0.15, -0.1) is 0 Å². The Morgan fingerprint density at radius 2 is 2.18 bits per heavy atom. The summed E-state index contributed by atoms with van der Waals surface area (Å²) in [5, 5.41) is 17.2. The van der Waals surface area contributed by atoms with Crippen LogP contribution in [0.2, 0.25) is 0 Å². The predicted molar refractivity (Wildman–Crippen MR) is 84.5 cm³/mol. The van der Waals surface area contributed by atoms with Crippen LogP contribution in [0.3, 0.4) is 0 Å². The second kappa shape index (κ2) is 6.00. The Balaban J connectivity index is 1.78. The molecule has 1 amide bonds. The van der Waals surface area contributed by atoms with Crippen LogP contribution in [0.25, 0.3) is 10.2 Å². The highest BCUT2D eigenvalue weighted by molar-refractivity contribution is 7.16. The standard InChI is InChI=1S/C15H19N3O3S/c1-21-11-2-3-12-13(8-11)22-14(16)18(12)9-10-4-6-17(7-5-10)15(19)20/h2-3,8,10,16H,4-7,9H2,1H3,(H,19,20). The van der Waals surface area contributed by atoms with Gasteiger partial charge in [0.1, 0.15) is 5.75 Å². The number of piperidine rings is 1. The number of carboxylic acid groups (broad SMARTS) is 1. The molecule has 1 aromatic heterocycles. The van der Waals surface area contributed by atoms with Gasteiger partial charge in [0, 0.05) is 19.6 Å². The molecule has 0 aliphatic carbocycles. The second-order valence-corrected chi connectivity index (χ2v) is 6.60. The summed E-state index contributed by atoms with van der Waals surface area (Å²) in [4.78, 5) is 13.0. The molecule has 0 bridgehead atoms. The van der Waals surface area contributed by atoms with Crippen molar-refractivity contribution in [1.29, 1.82) is 5.41 Å². The monoisotopic (exact) mass is 321 g/mol. The molecule has 6 nitrogen and oxygen atoms in total. The van der Waals surface area contributed by atoms with Crippen molar-refractivity contribution < 1.29 is 14.6 Å². The Bertz CT molecular complexity index is 744. The minimum atomic E-state index is -0.833. The fourth-order valence-corrected chi connectivity index (χ4v) is 3.89. The number of aromatic nitrogens is 1. The molecule has 3 rings (SSSR count). The summed E-state index contributed by atoms with van der Waals surface area (Å²) >= 11 is 1.45. The minimum absolute atomic E-state index is 0.421. The van der Waals surface area contributed by atoms with E-state index in [1.165, 1.54) is 16.2 Å². The van der Waals surface area contributed by atoms with E-state index in [4.69, 9.17) is 15.3 Å². The molecule has 118 valence electrons. The first-order valence-corrected chi connectivity index (χ1v) is 8.10. The van der Waals surface area contributed by atoms with Gasteiger partial charge >= 0.3 is 6.09 Å². The number of thiazole rings is 1. The SMILES string of the molecule is COc1ccc2c(c1)sc(=N)n2CC1CCN(C(=O)O)CC1. The van der Waals surface area contributed by atoms with E-state index in [0.717, 1.165) is 35.4 Å². The Kier molecular flexibility index (Phi) is 4.06. The number of hydrogen-bond acceptors (Lipinski definition) is 4. The predicted octanol–water partition coefficient (Wildman–Crippen LogP) is 2.58. The lowest BCUT2D eigenvalue weighted by molar-refractivity contribution is 0.121. The van der Waals surface area contributed by atoms with Crippen molar-refractivity contribution in [3.05, 3.63) is 23.0 Å². The van der Waals surface area contributed by atoms with E-state index in [-0.39, 0.29) is 0 Å². The molecule has 7 heteroatoms. The van der Waals surface area contributed by atoms with Gasteiger partial charge in [0.05, 0.1) is 17.3 Å². The van der Waals surface area contributed by atoms with Crippen molar-refractivity contribution in [2.24, 2.45) is 5.92 Å². The van der Waals surface area contributed by atoms with Gasteiger partial charge in [-0.2, -0.15) is 0 Å². The summed E-state index contributed by atoms with van der Waals surface area (Å²) in [6, 6.07) is 5.87. The highest BCUT2D eigenvalue weighted by Crippen LogP contribution is 2.25. The van der Waals surface area contributed by atoms with Crippen LogP contribution >= 0.6 is 11.3 Å². The number of rotatable bonds is 3. The Morgan fingerprint density at radius 1 is 1.45 bits per heavy atom. The number of amides is 1. The molecule has 0 atom stereocenters. The van der Waals surface area contributed by atoms with E-state index in [1.807, 2.05) is 22.8 Å². The molecule has 1 aromatic carbocycles. The number of nitrogens with one attached hydrogen (secondary N) is 1. The van der Waals surface area contributed by atoms with Crippen molar-refractivity contribution in [3.8, 4) is 5.75 Å². The molecule has 22 heavy (non-hydrogen) atoms. The number of benzene rings is 1. The smallest absolute Gasteiger partial charge is 0.407 e. The molecule has 1 saturated heterocycles. The van der Waals surface area contributed by atoms with E-state index < -0.39 is 6.09 Å². The summed E-state index contributed by atoms with van der Waals surface area (Å²) in [5.41, 5.74) is 1.05. The van der Waals surface area contributed by atoms with Gasteiger partial charge in [0.15, 0.2) is 4.80 Å². The zero-order valence-electron chi connectivity index (χ0n) is 12.4. The average molecular weight is 321 g/mol. The number of hydrogen-bond donors (Lipinski definition) is 2. The lowest BCUT2D eigenvalue weighted by Gasteiger charge is -2.30. The van der Waals surface area contributed by atoms with E-state index >= 15 is 0 Å². The van der Waals surface area contributed by atoms with Crippen molar-refractivity contribution in [3.63, 3.8) is 0 Å². The lowest BCUT2D eigenvalue weighted by Crippen LogP contribution is -2.38. The molecule has 1 aliphatic rings. The fourth-order valence-electron chi connectivity index (χ4n) is 2.94. The summed E-state index contributed by atoms with van der Waals surface area (Å²) < 4.78 is 8.31. The highest BCUT2D eigenvalue weighted by Gasteiger charge is 2.23. The number of nitrogens with zero attached hydrogens (tertiary/aromatic N) is 2.